The van der Waals surface area contributed by atoms with Crippen molar-refractivity contribution in [2.24, 2.45) is 0 Å². The van der Waals surface area contributed by atoms with Crippen molar-refractivity contribution in [1.82, 2.24) is 0 Å². The minimum Gasteiger partial charge on any atom is -0.318 e. The smallest absolute Gasteiger partial charge is 0.293 e. The summed E-state index contributed by atoms with van der Waals surface area (Å²) in [4.78, 5) is 0. The third-order valence-electron chi connectivity index (χ3n) is 0.656. The molecule has 68 valence electrons. The first-order valence-electron chi connectivity index (χ1n) is 2.45. The molecule has 0 aliphatic rings. The molecule has 0 aromatic rings. The number of halogens is 6. The molecule has 2 unspecified atom stereocenters. The number of alkyl halides is 6. The predicted molar refractivity (Wildman–Crippen MR) is 27.6 cm³/mol. The van der Waals surface area contributed by atoms with Crippen molar-refractivity contribution in [2.45, 2.75) is 24.8 Å². The SMILES string of the molecule is FC(F)C(F)OC(Cl)C(F)F. The molecule has 11 heavy (non-hydrogen) atoms. The van der Waals surface area contributed by atoms with Crippen LogP contribution in [0.4, 0.5) is 22.0 Å². The van der Waals surface area contributed by atoms with Gasteiger partial charge in [0.25, 0.3) is 19.2 Å². The number of hydrogen-bond acceptors (Lipinski definition) is 1. The van der Waals surface area contributed by atoms with E-state index < -0.39 is 24.8 Å². The summed E-state index contributed by atoms with van der Waals surface area (Å²) in [6.45, 7) is 0. The second-order valence-corrected chi connectivity index (χ2v) is 1.94. The standard InChI is InChI=1S/C4H4ClF5O/c5-1(2(6)7)11-4(10)3(8)9/h1-4H. The van der Waals surface area contributed by atoms with Crippen LogP contribution in [0.1, 0.15) is 0 Å². The van der Waals surface area contributed by atoms with E-state index in [0.717, 1.165) is 0 Å². The van der Waals surface area contributed by atoms with Crippen LogP contribution in [-0.4, -0.2) is 24.8 Å². The van der Waals surface area contributed by atoms with Crippen molar-refractivity contribution in [1.29, 1.82) is 0 Å². The van der Waals surface area contributed by atoms with Gasteiger partial charge in [-0.25, -0.2) is 22.0 Å². The van der Waals surface area contributed by atoms with E-state index in [-0.39, 0.29) is 0 Å². The van der Waals surface area contributed by atoms with Crippen molar-refractivity contribution < 1.29 is 26.7 Å². The molecule has 0 saturated heterocycles. The molecule has 0 aliphatic heterocycles. The van der Waals surface area contributed by atoms with Crippen LogP contribution in [0.2, 0.25) is 0 Å². The monoisotopic (exact) mass is 198 g/mol. The van der Waals surface area contributed by atoms with Crippen LogP contribution in [0.25, 0.3) is 0 Å². The summed E-state index contributed by atoms with van der Waals surface area (Å²) in [7, 11) is 0. The predicted octanol–water partition coefficient (Wildman–Crippen LogP) is 2.39. The van der Waals surface area contributed by atoms with Crippen molar-refractivity contribution in [3.05, 3.63) is 0 Å². The molecule has 1 nitrogen and oxygen atoms in total. The molecule has 0 bridgehead atoms. The Bertz CT molecular complexity index is 98.7. The number of hydrogen-bond donors (Lipinski definition) is 0. The van der Waals surface area contributed by atoms with E-state index in [4.69, 9.17) is 0 Å². The summed E-state index contributed by atoms with van der Waals surface area (Å²) >= 11 is 4.61. The Morgan fingerprint density at radius 3 is 1.64 bits per heavy atom. The fourth-order valence-electron chi connectivity index (χ4n) is 0.243. The zero-order chi connectivity index (χ0) is 9.02. The number of ether oxygens (including phenoxy) is 1. The van der Waals surface area contributed by atoms with E-state index >= 15 is 0 Å². The third-order valence-corrected chi connectivity index (χ3v) is 0.950. The van der Waals surface area contributed by atoms with E-state index in [9.17, 15) is 22.0 Å². The van der Waals surface area contributed by atoms with E-state index in [2.05, 4.69) is 16.3 Å². The highest BCUT2D eigenvalue weighted by Gasteiger charge is 2.27. The molecule has 2 atom stereocenters. The molecule has 0 amide bonds. The van der Waals surface area contributed by atoms with Gasteiger partial charge >= 0.3 is 0 Å². The van der Waals surface area contributed by atoms with Crippen LogP contribution >= 0.6 is 11.6 Å². The lowest BCUT2D eigenvalue weighted by Crippen LogP contribution is -2.25. The molecule has 0 heterocycles. The van der Waals surface area contributed by atoms with E-state index in [1.54, 1.807) is 0 Å². The Morgan fingerprint density at radius 2 is 1.36 bits per heavy atom. The normalized spacial score (nSPS) is 17.5. The van der Waals surface area contributed by atoms with Gasteiger partial charge in [-0.05, 0) is 0 Å². The molecule has 7 heteroatoms. The van der Waals surface area contributed by atoms with Gasteiger partial charge in [0.15, 0.2) is 5.56 Å². The van der Waals surface area contributed by atoms with Crippen molar-refractivity contribution in [3.63, 3.8) is 0 Å². The summed E-state index contributed by atoms with van der Waals surface area (Å²) in [6.07, 6.45) is -9.71. The molecule has 0 aliphatic carbocycles. The molecular formula is C4H4ClF5O. The van der Waals surface area contributed by atoms with Gasteiger partial charge in [0, 0.05) is 0 Å². The highest BCUT2D eigenvalue weighted by Crippen LogP contribution is 2.16. The topological polar surface area (TPSA) is 9.23 Å². The lowest BCUT2D eigenvalue weighted by atomic mass is 10.7. The van der Waals surface area contributed by atoms with Gasteiger partial charge in [0.2, 0.25) is 0 Å². The van der Waals surface area contributed by atoms with Gasteiger partial charge in [0.1, 0.15) is 0 Å². The molecule has 0 aromatic carbocycles. The molecule has 0 spiro atoms. The molecule has 0 rings (SSSR count). The van der Waals surface area contributed by atoms with Crippen LogP contribution in [-0.2, 0) is 4.74 Å². The summed E-state index contributed by atoms with van der Waals surface area (Å²) in [5.74, 6) is 0. The summed E-state index contributed by atoms with van der Waals surface area (Å²) in [5.41, 5.74) is -2.33. The van der Waals surface area contributed by atoms with Crippen LogP contribution < -0.4 is 0 Å². The second kappa shape index (κ2) is 4.71. The molecule has 0 aromatic heterocycles. The average Bonchev–Trinajstić information content (AvgIpc) is 1.87. The van der Waals surface area contributed by atoms with Crippen molar-refractivity contribution in [3.8, 4) is 0 Å². The maximum absolute atomic E-state index is 11.7. The van der Waals surface area contributed by atoms with Gasteiger partial charge in [-0.15, -0.1) is 0 Å². The Balaban J connectivity index is 3.66. The minimum atomic E-state index is -3.46. The average molecular weight is 199 g/mol. The fourth-order valence-corrected chi connectivity index (χ4v) is 0.341. The largest absolute Gasteiger partial charge is 0.318 e. The van der Waals surface area contributed by atoms with Gasteiger partial charge in [0.05, 0.1) is 0 Å². The Morgan fingerprint density at radius 1 is 0.909 bits per heavy atom. The van der Waals surface area contributed by atoms with Crippen molar-refractivity contribution >= 4 is 11.6 Å². The van der Waals surface area contributed by atoms with Crippen LogP contribution in [0.15, 0.2) is 0 Å². The van der Waals surface area contributed by atoms with E-state index in [1.165, 1.54) is 0 Å². The Labute approximate surface area is 64.1 Å². The molecule has 0 radical (unpaired) electrons. The van der Waals surface area contributed by atoms with Crippen molar-refractivity contribution in [2.75, 3.05) is 0 Å². The zero-order valence-electron chi connectivity index (χ0n) is 4.99. The molecule has 0 N–H and O–H groups in total. The maximum atomic E-state index is 11.7. The van der Waals surface area contributed by atoms with E-state index in [0.29, 0.717) is 0 Å². The Hall–Kier alpha value is -0.100. The molecule has 0 fully saturated rings. The fraction of sp³-hybridized carbons (Fsp3) is 1.00. The summed E-state index contributed by atoms with van der Waals surface area (Å²) in [5, 5.41) is 0. The van der Waals surface area contributed by atoms with Crippen LogP contribution in [0.3, 0.4) is 0 Å². The number of rotatable bonds is 4. The zero-order valence-corrected chi connectivity index (χ0v) is 5.74. The quantitative estimate of drug-likeness (QED) is 0.498. The third kappa shape index (κ3) is 4.36. The second-order valence-electron chi connectivity index (χ2n) is 1.51. The van der Waals surface area contributed by atoms with Gasteiger partial charge in [-0.3, -0.25) is 0 Å². The first kappa shape index (κ1) is 10.9. The van der Waals surface area contributed by atoms with Gasteiger partial charge in [-0.1, -0.05) is 11.6 Å². The van der Waals surface area contributed by atoms with Crippen LogP contribution in [0, 0.1) is 0 Å². The minimum absolute atomic E-state index is 2.33. The lowest BCUT2D eigenvalue weighted by Gasteiger charge is -2.12. The molecule has 0 saturated carbocycles. The lowest BCUT2D eigenvalue weighted by molar-refractivity contribution is -0.162. The van der Waals surface area contributed by atoms with Crippen LogP contribution in [0.5, 0.6) is 0 Å². The first-order chi connectivity index (χ1) is 4.95. The van der Waals surface area contributed by atoms with E-state index in [1.807, 2.05) is 0 Å². The Kier molecular flexibility index (Phi) is 4.67. The first-order valence-corrected chi connectivity index (χ1v) is 2.88. The van der Waals surface area contributed by atoms with Gasteiger partial charge < -0.3 is 4.74 Å². The molecular weight excluding hydrogens is 194 g/mol. The highest BCUT2D eigenvalue weighted by molar-refractivity contribution is 6.20. The van der Waals surface area contributed by atoms with Gasteiger partial charge in [-0.2, -0.15) is 0 Å². The highest BCUT2D eigenvalue weighted by atomic mass is 35.5. The summed E-state index contributed by atoms with van der Waals surface area (Å²) in [6, 6.07) is 0. The summed E-state index contributed by atoms with van der Waals surface area (Å²) < 4.78 is 60.4. The maximum Gasteiger partial charge on any atom is 0.293 e.